The molecule has 19 heavy (non-hydrogen) atoms. The second kappa shape index (κ2) is 6.00. The molecule has 0 spiro atoms. The number of ether oxygens (including phenoxy) is 1. The van der Waals surface area contributed by atoms with Crippen LogP contribution in [0.3, 0.4) is 0 Å². The predicted molar refractivity (Wildman–Crippen MR) is 74.5 cm³/mol. The van der Waals surface area contributed by atoms with Crippen molar-refractivity contribution in [3.8, 4) is 5.75 Å². The molecule has 1 aromatic carbocycles. The molecular formula is C15H16N2O2. The van der Waals surface area contributed by atoms with Crippen LogP contribution in [0, 0.1) is 6.92 Å². The maximum absolute atomic E-state index is 12.2. The van der Waals surface area contributed by atoms with Gasteiger partial charge in [-0.15, -0.1) is 0 Å². The van der Waals surface area contributed by atoms with Crippen molar-refractivity contribution in [3.63, 3.8) is 0 Å². The van der Waals surface area contributed by atoms with Crippen LogP contribution in [0.4, 0.5) is 5.82 Å². The molecule has 4 nitrogen and oxygen atoms in total. The van der Waals surface area contributed by atoms with Gasteiger partial charge in [0.1, 0.15) is 11.6 Å². The van der Waals surface area contributed by atoms with Crippen molar-refractivity contribution in [1.82, 2.24) is 4.98 Å². The Morgan fingerprint density at radius 3 is 2.74 bits per heavy atom. The molecule has 0 unspecified atom stereocenters. The summed E-state index contributed by atoms with van der Waals surface area (Å²) in [5.41, 5.74) is 1.56. The van der Waals surface area contributed by atoms with E-state index in [2.05, 4.69) is 10.3 Å². The van der Waals surface area contributed by atoms with Gasteiger partial charge in [0, 0.05) is 6.20 Å². The monoisotopic (exact) mass is 256 g/mol. The van der Waals surface area contributed by atoms with E-state index < -0.39 is 0 Å². The number of hydrogen-bond donors (Lipinski definition) is 1. The minimum absolute atomic E-state index is 0.222. The van der Waals surface area contributed by atoms with Crippen molar-refractivity contribution in [2.24, 2.45) is 0 Å². The molecule has 0 aliphatic carbocycles. The second-order valence-corrected chi connectivity index (χ2v) is 4.10. The minimum atomic E-state index is -0.222. The lowest BCUT2D eigenvalue weighted by Crippen LogP contribution is -2.14. The first-order valence-electron chi connectivity index (χ1n) is 6.16. The molecule has 4 heteroatoms. The highest BCUT2D eigenvalue weighted by molar-refractivity contribution is 6.05. The summed E-state index contributed by atoms with van der Waals surface area (Å²) in [7, 11) is 0. The molecule has 0 saturated heterocycles. The highest BCUT2D eigenvalue weighted by Gasteiger charge is 2.12. The molecule has 0 atom stereocenters. The van der Waals surface area contributed by atoms with Gasteiger partial charge in [-0.25, -0.2) is 4.98 Å². The zero-order valence-corrected chi connectivity index (χ0v) is 11.0. The van der Waals surface area contributed by atoms with Crippen molar-refractivity contribution < 1.29 is 9.53 Å². The van der Waals surface area contributed by atoms with Gasteiger partial charge < -0.3 is 10.1 Å². The van der Waals surface area contributed by atoms with Crippen LogP contribution in [0.15, 0.2) is 42.6 Å². The standard InChI is InChI=1S/C15H16N2O2/c1-3-19-13-7-5-4-6-12(13)15(18)17-14-9-8-11(2)10-16-14/h4-10H,3H2,1-2H3,(H,16,17,18). The Kier molecular flexibility index (Phi) is 4.13. The van der Waals surface area contributed by atoms with Crippen molar-refractivity contribution >= 4 is 11.7 Å². The topological polar surface area (TPSA) is 51.2 Å². The first-order valence-corrected chi connectivity index (χ1v) is 6.16. The maximum Gasteiger partial charge on any atom is 0.260 e. The number of pyridine rings is 1. The lowest BCUT2D eigenvalue weighted by atomic mass is 10.2. The number of aryl methyl sites for hydroxylation is 1. The van der Waals surface area contributed by atoms with Crippen LogP contribution in [-0.2, 0) is 0 Å². The maximum atomic E-state index is 12.2. The molecule has 98 valence electrons. The highest BCUT2D eigenvalue weighted by Crippen LogP contribution is 2.19. The summed E-state index contributed by atoms with van der Waals surface area (Å²) in [6, 6.07) is 10.8. The van der Waals surface area contributed by atoms with Crippen LogP contribution in [-0.4, -0.2) is 17.5 Å². The Balaban J connectivity index is 2.18. The summed E-state index contributed by atoms with van der Waals surface area (Å²) in [5.74, 6) is 0.886. The van der Waals surface area contributed by atoms with E-state index in [0.717, 1.165) is 5.56 Å². The van der Waals surface area contributed by atoms with Gasteiger partial charge in [-0.3, -0.25) is 4.79 Å². The number of para-hydroxylation sites is 1. The Morgan fingerprint density at radius 2 is 2.05 bits per heavy atom. The Morgan fingerprint density at radius 1 is 1.26 bits per heavy atom. The van der Waals surface area contributed by atoms with E-state index in [1.807, 2.05) is 26.0 Å². The number of carbonyl (C=O) groups excluding carboxylic acids is 1. The van der Waals surface area contributed by atoms with E-state index in [0.29, 0.717) is 23.7 Å². The van der Waals surface area contributed by atoms with Crippen molar-refractivity contribution in [1.29, 1.82) is 0 Å². The van der Waals surface area contributed by atoms with Crippen LogP contribution in [0.1, 0.15) is 22.8 Å². The number of aromatic nitrogens is 1. The summed E-state index contributed by atoms with van der Waals surface area (Å²) < 4.78 is 5.43. The summed E-state index contributed by atoms with van der Waals surface area (Å²) in [6.07, 6.45) is 1.71. The molecule has 1 N–H and O–H groups in total. The number of nitrogens with one attached hydrogen (secondary N) is 1. The van der Waals surface area contributed by atoms with Gasteiger partial charge in [-0.2, -0.15) is 0 Å². The molecule has 1 heterocycles. The van der Waals surface area contributed by atoms with E-state index in [1.54, 1.807) is 30.5 Å². The molecule has 0 aliphatic heterocycles. The van der Waals surface area contributed by atoms with Crippen molar-refractivity contribution in [2.75, 3.05) is 11.9 Å². The van der Waals surface area contributed by atoms with Crippen LogP contribution >= 0.6 is 0 Å². The quantitative estimate of drug-likeness (QED) is 0.914. The number of carbonyl (C=O) groups is 1. The molecule has 0 fully saturated rings. The highest BCUT2D eigenvalue weighted by atomic mass is 16.5. The van der Waals surface area contributed by atoms with Crippen LogP contribution in [0.5, 0.6) is 5.75 Å². The number of anilines is 1. The molecular weight excluding hydrogens is 240 g/mol. The first-order chi connectivity index (χ1) is 9.20. The van der Waals surface area contributed by atoms with E-state index in [4.69, 9.17) is 4.74 Å². The lowest BCUT2D eigenvalue weighted by molar-refractivity contribution is 0.102. The number of nitrogens with zero attached hydrogens (tertiary/aromatic N) is 1. The first kappa shape index (κ1) is 13.1. The van der Waals surface area contributed by atoms with E-state index in [9.17, 15) is 4.79 Å². The average molecular weight is 256 g/mol. The molecule has 1 amide bonds. The van der Waals surface area contributed by atoms with Gasteiger partial charge in [0.15, 0.2) is 0 Å². The molecule has 1 aromatic heterocycles. The molecule has 0 saturated carbocycles. The van der Waals surface area contributed by atoms with Crippen LogP contribution < -0.4 is 10.1 Å². The molecule has 0 aliphatic rings. The third-order valence-corrected chi connectivity index (χ3v) is 2.58. The van der Waals surface area contributed by atoms with Gasteiger partial charge >= 0.3 is 0 Å². The van der Waals surface area contributed by atoms with E-state index in [-0.39, 0.29) is 5.91 Å². The van der Waals surface area contributed by atoms with Gasteiger partial charge in [0.2, 0.25) is 0 Å². The van der Waals surface area contributed by atoms with E-state index in [1.165, 1.54) is 0 Å². The third kappa shape index (κ3) is 3.31. The molecule has 0 bridgehead atoms. The van der Waals surface area contributed by atoms with Gasteiger partial charge in [-0.05, 0) is 37.6 Å². The van der Waals surface area contributed by atoms with Crippen molar-refractivity contribution in [3.05, 3.63) is 53.7 Å². The Hall–Kier alpha value is -2.36. The van der Waals surface area contributed by atoms with Gasteiger partial charge in [-0.1, -0.05) is 18.2 Å². The summed E-state index contributed by atoms with van der Waals surface area (Å²) in [4.78, 5) is 16.3. The minimum Gasteiger partial charge on any atom is -0.493 e. The molecule has 0 radical (unpaired) electrons. The number of rotatable bonds is 4. The number of benzene rings is 1. The SMILES string of the molecule is CCOc1ccccc1C(=O)Nc1ccc(C)cn1. The predicted octanol–water partition coefficient (Wildman–Crippen LogP) is 3.04. The van der Waals surface area contributed by atoms with Crippen LogP contribution in [0.2, 0.25) is 0 Å². The van der Waals surface area contributed by atoms with Crippen molar-refractivity contribution in [2.45, 2.75) is 13.8 Å². The average Bonchev–Trinajstić information content (AvgIpc) is 2.42. The van der Waals surface area contributed by atoms with E-state index >= 15 is 0 Å². The zero-order chi connectivity index (χ0) is 13.7. The van der Waals surface area contributed by atoms with Crippen LogP contribution in [0.25, 0.3) is 0 Å². The lowest BCUT2D eigenvalue weighted by Gasteiger charge is -2.10. The number of hydrogen-bond acceptors (Lipinski definition) is 3. The zero-order valence-electron chi connectivity index (χ0n) is 11.0. The summed E-state index contributed by atoms with van der Waals surface area (Å²) >= 11 is 0. The fourth-order valence-corrected chi connectivity index (χ4v) is 1.66. The van der Waals surface area contributed by atoms with Gasteiger partial charge in [0.25, 0.3) is 5.91 Å². The largest absolute Gasteiger partial charge is 0.493 e. The summed E-state index contributed by atoms with van der Waals surface area (Å²) in [5, 5.41) is 2.75. The molecule has 2 rings (SSSR count). The number of amides is 1. The Bertz CT molecular complexity index is 565. The second-order valence-electron chi connectivity index (χ2n) is 4.10. The van der Waals surface area contributed by atoms with Gasteiger partial charge in [0.05, 0.1) is 12.2 Å². The summed E-state index contributed by atoms with van der Waals surface area (Å²) in [6.45, 7) is 4.35. The fourth-order valence-electron chi connectivity index (χ4n) is 1.66. The molecule has 2 aromatic rings. The fraction of sp³-hybridized carbons (Fsp3) is 0.200. The Labute approximate surface area is 112 Å². The smallest absolute Gasteiger partial charge is 0.260 e. The third-order valence-electron chi connectivity index (χ3n) is 2.58. The normalized spacial score (nSPS) is 10.0.